The molecule has 0 bridgehead atoms. The van der Waals surface area contributed by atoms with Crippen LogP contribution in [0.3, 0.4) is 0 Å². The molecule has 1 aromatic carbocycles. The number of anilines is 1. The van der Waals surface area contributed by atoms with E-state index < -0.39 is 15.2 Å². The van der Waals surface area contributed by atoms with Gasteiger partial charge in [0.05, 0.1) is 17.6 Å². The molecule has 29 heavy (non-hydrogen) atoms. The van der Waals surface area contributed by atoms with Crippen LogP contribution in [0.1, 0.15) is 32.3 Å². The standard InChI is InChI=1S/C21H25N3O4S/c1-14(2)27-17-10-15(3)11-18(12-17)28-16-4-7-21(29(25,26)19-5-6-19)24(13-16)20-8-9-22-23-20/h4,7-14,19,21H,5-6H2,1-3H3,(H,22,23). The fraction of sp³-hybridized carbons (Fsp3) is 0.381. The van der Waals surface area contributed by atoms with Gasteiger partial charge in [-0.15, -0.1) is 0 Å². The number of sulfone groups is 1. The van der Waals surface area contributed by atoms with Crippen molar-refractivity contribution in [3.8, 4) is 11.5 Å². The van der Waals surface area contributed by atoms with E-state index in [1.165, 1.54) is 0 Å². The van der Waals surface area contributed by atoms with Crippen LogP contribution in [0.4, 0.5) is 5.82 Å². The molecule has 2 aliphatic rings. The highest BCUT2D eigenvalue weighted by atomic mass is 32.2. The van der Waals surface area contributed by atoms with E-state index in [0.717, 1.165) is 24.2 Å². The third-order valence-electron chi connectivity index (χ3n) is 4.69. The monoisotopic (exact) mass is 415 g/mol. The topological polar surface area (TPSA) is 84.5 Å². The van der Waals surface area contributed by atoms with Gasteiger partial charge in [-0.05, 0) is 63.5 Å². The molecule has 0 saturated heterocycles. The van der Waals surface area contributed by atoms with E-state index in [9.17, 15) is 8.42 Å². The number of allylic oxidation sites excluding steroid dienone is 1. The minimum atomic E-state index is -3.32. The molecule has 0 amide bonds. The summed E-state index contributed by atoms with van der Waals surface area (Å²) >= 11 is 0. The Hall–Kier alpha value is -2.74. The Kier molecular flexibility index (Phi) is 5.12. The first-order valence-corrected chi connectivity index (χ1v) is 11.3. The average Bonchev–Trinajstić information content (AvgIpc) is 3.36. The number of ether oxygens (including phenoxy) is 2. The predicted octanol–water partition coefficient (Wildman–Crippen LogP) is 3.71. The van der Waals surface area contributed by atoms with Gasteiger partial charge in [0.2, 0.25) is 0 Å². The molecule has 0 spiro atoms. The number of H-pyrrole nitrogens is 1. The smallest absolute Gasteiger partial charge is 0.178 e. The van der Waals surface area contributed by atoms with Crippen LogP contribution in [0.25, 0.3) is 0 Å². The first kappa shape index (κ1) is 19.6. The van der Waals surface area contributed by atoms with Crippen molar-refractivity contribution < 1.29 is 17.9 Å². The summed E-state index contributed by atoms with van der Waals surface area (Å²) in [6.07, 6.45) is 8.18. The van der Waals surface area contributed by atoms with E-state index >= 15 is 0 Å². The minimum absolute atomic E-state index is 0.0581. The SMILES string of the molecule is Cc1cc(OC2=CN(c3ccn[nH]3)C(S(=O)(=O)C3CC3)C=C2)cc(OC(C)C)c1. The maximum Gasteiger partial charge on any atom is 0.178 e. The van der Waals surface area contributed by atoms with Crippen molar-refractivity contribution in [1.29, 1.82) is 0 Å². The van der Waals surface area contributed by atoms with Gasteiger partial charge < -0.3 is 14.4 Å². The largest absolute Gasteiger partial charge is 0.491 e. The van der Waals surface area contributed by atoms with Crippen LogP contribution < -0.4 is 14.4 Å². The Morgan fingerprint density at radius 3 is 2.62 bits per heavy atom. The summed E-state index contributed by atoms with van der Waals surface area (Å²) in [4.78, 5) is 1.66. The number of hydrogen-bond donors (Lipinski definition) is 1. The molecule has 1 N–H and O–H groups in total. The number of nitrogens with zero attached hydrogens (tertiary/aromatic N) is 2. The van der Waals surface area contributed by atoms with Crippen LogP contribution in [0, 0.1) is 6.92 Å². The third-order valence-corrected chi connectivity index (χ3v) is 7.15. The Morgan fingerprint density at radius 2 is 1.97 bits per heavy atom. The molecule has 2 aromatic rings. The molecule has 7 nitrogen and oxygen atoms in total. The van der Waals surface area contributed by atoms with Gasteiger partial charge in [-0.2, -0.15) is 5.10 Å². The molecule has 0 radical (unpaired) electrons. The molecule has 4 rings (SSSR count). The maximum absolute atomic E-state index is 12.9. The fourth-order valence-corrected chi connectivity index (χ4v) is 5.27. The molecule has 1 unspecified atom stereocenters. The summed E-state index contributed by atoms with van der Waals surface area (Å²) < 4.78 is 37.6. The van der Waals surface area contributed by atoms with Crippen molar-refractivity contribution in [2.24, 2.45) is 0 Å². The minimum Gasteiger partial charge on any atom is -0.491 e. The van der Waals surface area contributed by atoms with Gasteiger partial charge in [-0.1, -0.05) is 0 Å². The van der Waals surface area contributed by atoms with Gasteiger partial charge in [0.1, 0.15) is 23.1 Å². The third kappa shape index (κ3) is 4.32. The zero-order valence-electron chi connectivity index (χ0n) is 16.7. The van der Waals surface area contributed by atoms with Crippen molar-refractivity contribution in [1.82, 2.24) is 10.2 Å². The Balaban J connectivity index is 1.62. The molecule has 154 valence electrons. The van der Waals surface area contributed by atoms with Crippen LogP contribution in [0.5, 0.6) is 11.5 Å². The van der Waals surface area contributed by atoms with Gasteiger partial charge in [-0.3, -0.25) is 5.10 Å². The quantitative estimate of drug-likeness (QED) is 0.742. The first-order chi connectivity index (χ1) is 13.8. The number of nitrogens with one attached hydrogen (secondary N) is 1. The highest BCUT2D eigenvalue weighted by Crippen LogP contribution is 2.36. The van der Waals surface area contributed by atoms with Crippen LogP contribution in [-0.4, -0.2) is 35.3 Å². The van der Waals surface area contributed by atoms with Gasteiger partial charge in [0, 0.05) is 18.3 Å². The van der Waals surface area contributed by atoms with Crippen LogP contribution in [-0.2, 0) is 9.84 Å². The molecule has 8 heteroatoms. The Labute approximate surface area is 170 Å². The van der Waals surface area contributed by atoms with E-state index in [1.807, 2.05) is 39.0 Å². The summed E-state index contributed by atoms with van der Waals surface area (Å²) in [5.41, 5.74) is 1.01. The van der Waals surface area contributed by atoms with Gasteiger partial charge >= 0.3 is 0 Å². The van der Waals surface area contributed by atoms with Crippen molar-refractivity contribution in [3.63, 3.8) is 0 Å². The van der Waals surface area contributed by atoms with Gasteiger partial charge in [0.25, 0.3) is 0 Å². The van der Waals surface area contributed by atoms with Crippen molar-refractivity contribution >= 4 is 15.7 Å². The molecule has 2 heterocycles. The second-order valence-corrected chi connectivity index (χ2v) is 10.00. The van der Waals surface area contributed by atoms with Gasteiger partial charge in [-0.25, -0.2) is 8.42 Å². The van der Waals surface area contributed by atoms with Gasteiger partial charge in [0.15, 0.2) is 15.2 Å². The summed E-state index contributed by atoms with van der Waals surface area (Å²) in [6, 6.07) is 7.43. The number of aromatic nitrogens is 2. The lowest BCUT2D eigenvalue weighted by Gasteiger charge is -2.30. The summed E-state index contributed by atoms with van der Waals surface area (Å²) in [5, 5.41) is 5.76. The first-order valence-electron chi connectivity index (χ1n) is 9.69. The van der Waals surface area contributed by atoms with Crippen LogP contribution in [0.15, 0.2) is 54.6 Å². The van der Waals surface area contributed by atoms with Crippen molar-refractivity contribution in [2.75, 3.05) is 4.90 Å². The van der Waals surface area contributed by atoms with Crippen molar-refractivity contribution in [3.05, 3.63) is 60.1 Å². The Morgan fingerprint density at radius 1 is 1.21 bits per heavy atom. The second kappa shape index (κ2) is 7.59. The molecular formula is C21H25N3O4S. The fourth-order valence-electron chi connectivity index (χ4n) is 3.29. The zero-order valence-corrected chi connectivity index (χ0v) is 17.5. The van der Waals surface area contributed by atoms with Crippen LogP contribution in [0.2, 0.25) is 0 Å². The molecule has 1 saturated carbocycles. The molecule has 1 aliphatic carbocycles. The number of benzene rings is 1. The van der Waals surface area contributed by atoms with Crippen LogP contribution >= 0.6 is 0 Å². The van der Waals surface area contributed by atoms with Crippen molar-refractivity contribution in [2.45, 2.75) is 50.3 Å². The summed E-state index contributed by atoms with van der Waals surface area (Å²) in [7, 11) is -3.32. The van der Waals surface area contributed by atoms with E-state index in [1.54, 1.807) is 35.5 Å². The van der Waals surface area contributed by atoms with E-state index in [0.29, 0.717) is 17.3 Å². The number of aryl methyl sites for hydroxylation is 1. The lowest BCUT2D eigenvalue weighted by molar-refractivity contribution is 0.241. The molecule has 1 fully saturated rings. The molecule has 1 aliphatic heterocycles. The lowest BCUT2D eigenvalue weighted by Crippen LogP contribution is -2.40. The summed E-state index contributed by atoms with van der Waals surface area (Å²) in [6.45, 7) is 5.91. The maximum atomic E-state index is 12.9. The second-order valence-electron chi connectivity index (χ2n) is 7.67. The zero-order chi connectivity index (χ0) is 20.6. The lowest BCUT2D eigenvalue weighted by atomic mass is 10.2. The van der Waals surface area contributed by atoms with E-state index in [2.05, 4.69) is 10.2 Å². The number of hydrogen-bond acceptors (Lipinski definition) is 6. The van der Waals surface area contributed by atoms with E-state index in [-0.39, 0.29) is 11.4 Å². The molecule has 1 aromatic heterocycles. The normalized spacial score (nSPS) is 19.4. The highest BCUT2D eigenvalue weighted by Gasteiger charge is 2.43. The Bertz CT molecular complexity index is 1040. The van der Waals surface area contributed by atoms with E-state index in [4.69, 9.17) is 9.47 Å². The predicted molar refractivity (Wildman–Crippen MR) is 112 cm³/mol. The number of aromatic amines is 1. The number of rotatable bonds is 7. The summed E-state index contributed by atoms with van der Waals surface area (Å²) in [5.74, 6) is 2.49. The molecular weight excluding hydrogens is 390 g/mol. The average molecular weight is 416 g/mol. The molecule has 1 atom stereocenters. The highest BCUT2D eigenvalue weighted by molar-refractivity contribution is 7.93.